The van der Waals surface area contributed by atoms with Crippen molar-refractivity contribution >= 4 is 23.1 Å². The van der Waals surface area contributed by atoms with Crippen LogP contribution in [0.2, 0.25) is 0 Å². The Morgan fingerprint density at radius 3 is 2.50 bits per heavy atom. The van der Waals surface area contributed by atoms with Crippen LogP contribution in [0.4, 0.5) is 23.1 Å². The van der Waals surface area contributed by atoms with Crippen molar-refractivity contribution < 1.29 is 4.74 Å². The topological polar surface area (TPSA) is 62.3 Å². The van der Waals surface area contributed by atoms with Crippen LogP contribution in [0, 0.1) is 13.8 Å². The van der Waals surface area contributed by atoms with Crippen molar-refractivity contribution in [3.63, 3.8) is 0 Å². The van der Waals surface area contributed by atoms with E-state index in [0.717, 1.165) is 49.9 Å². The highest BCUT2D eigenvalue weighted by Gasteiger charge is 2.08. The summed E-state index contributed by atoms with van der Waals surface area (Å²) < 4.78 is 5.07. The van der Waals surface area contributed by atoms with Crippen molar-refractivity contribution in [1.82, 2.24) is 9.97 Å². The van der Waals surface area contributed by atoms with E-state index >= 15 is 0 Å². The number of methoxy groups -OCH3 is 1. The second-order valence-electron chi connectivity index (χ2n) is 6.29. The fourth-order valence-corrected chi connectivity index (χ4v) is 2.84. The lowest BCUT2D eigenvalue weighted by Crippen LogP contribution is -2.21. The molecule has 0 aliphatic carbocycles. The summed E-state index contributed by atoms with van der Waals surface area (Å²) in [7, 11) is 1.71. The number of aromatic nitrogens is 2. The van der Waals surface area contributed by atoms with E-state index in [2.05, 4.69) is 64.5 Å². The summed E-state index contributed by atoms with van der Waals surface area (Å²) >= 11 is 0. The van der Waals surface area contributed by atoms with E-state index < -0.39 is 0 Å². The van der Waals surface area contributed by atoms with Crippen molar-refractivity contribution in [3.05, 3.63) is 35.5 Å². The molecule has 0 aliphatic rings. The first-order valence-electron chi connectivity index (χ1n) is 9.28. The molecular weight excluding hydrogens is 326 g/mol. The Hall–Kier alpha value is -2.34. The van der Waals surface area contributed by atoms with Gasteiger partial charge in [-0.25, -0.2) is 4.98 Å². The van der Waals surface area contributed by atoms with Gasteiger partial charge in [-0.3, -0.25) is 0 Å². The Bertz CT molecular complexity index is 701. The van der Waals surface area contributed by atoms with Crippen LogP contribution in [0.15, 0.2) is 24.3 Å². The standard InChI is InChI=1S/C20H31N5O/c1-6-25(7-2)17-9-10-18(15(3)13-17)23-20-22-16(4)14-19(24-20)21-11-8-12-26-5/h9-10,13-14H,6-8,11-12H2,1-5H3,(H2,21,22,23,24). The smallest absolute Gasteiger partial charge is 0.229 e. The summed E-state index contributed by atoms with van der Waals surface area (Å²) in [6.45, 7) is 12.0. The van der Waals surface area contributed by atoms with Crippen molar-refractivity contribution in [2.45, 2.75) is 34.1 Å². The highest BCUT2D eigenvalue weighted by molar-refractivity contribution is 5.64. The number of hydrogen-bond acceptors (Lipinski definition) is 6. The molecule has 1 heterocycles. The van der Waals surface area contributed by atoms with Crippen LogP contribution >= 0.6 is 0 Å². The Balaban J connectivity index is 2.11. The van der Waals surface area contributed by atoms with Crippen LogP contribution in [0.1, 0.15) is 31.5 Å². The molecule has 6 nitrogen and oxygen atoms in total. The number of benzene rings is 1. The molecule has 6 heteroatoms. The third-order valence-corrected chi connectivity index (χ3v) is 4.27. The third kappa shape index (κ3) is 5.59. The van der Waals surface area contributed by atoms with Gasteiger partial charge in [-0.1, -0.05) is 0 Å². The summed E-state index contributed by atoms with van der Waals surface area (Å²) in [6.07, 6.45) is 0.939. The quantitative estimate of drug-likeness (QED) is 0.623. The van der Waals surface area contributed by atoms with Crippen LogP contribution in [-0.4, -0.2) is 43.3 Å². The SMILES string of the molecule is CCN(CC)c1ccc(Nc2nc(C)cc(NCCCOC)n2)c(C)c1. The summed E-state index contributed by atoms with van der Waals surface area (Å²) in [5.74, 6) is 1.44. The molecule has 1 aromatic heterocycles. The zero-order chi connectivity index (χ0) is 18.9. The average molecular weight is 358 g/mol. The van der Waals surface area contributed by atoms with E-state index in [1.165, 1.54) is 11.3 Å². The van der Waals surface area contributed by atoms with Gasteiger partial charge in [0, 0.05) is 56.5 Å². The summed E-state index contributed by atoms with van der Waals surface area (Å²) in [5.41, 5.74) is 4.36. The van der Waals surface area contributed by atoms with Crippen LogP contribution in [-0.2, 0) is 4.74 Å². The van der Waals surface area contributed by atoms with E-state index in [9.17, 15) is 0 Å². The van der Waals surface area contributed by atoms with E-state index in [-0.39, 0.29) is 0 Å². The van der Waals surface area contributed by atoms with Crippen LogP contribution in [0.5, 0.6) is 0 Å². The Labute approximate surface area is 157 Å². The third-order valence-electron chi connectivity index (χ3n) is 4.27. The summed E-state index contributed by atoms with van der Waals surface area (Å²) in [6, 6.07) is 8.39. The summed E-state index contributed by atoms with van der Waals surface area (Å²) in [5, 5.41) is 6.67. The molecule has 142 valence electrons. The normalized spacial score (nSPS) is 10.7. The molecule has 0 saturated carbocycles. The van der Waals surface area contributed by atoms with Crippen molar-refractivity contribution in [2.24, 2.45) is 0 Å². The van der Waals surface area contributed by atoms with Crippen LogP contribution < -0.4 is 15.5 Å². The van der Waals surface area contributed by atoms with Gasteiger partial charge in [0.2, 0.25) is 5.95 Å². The Kier molecular flexibility index (Phi) is 7.66. The van der Waals surface area contributed by atoms with Crippen LogP contribution in [0.25, 0.3) is 0 Å². The lowest BCUT2D eigenvalue weighted by Gasteiger charge is -2.22. The molecule has 2 aromatic rings. The Morgan fingerprint density at radius 2 is 1.85 bits per heavy atom. The highest BCUT2D eigenvalue weighted by atomic mass is 16.5. The van der Waals surface area contributed by atoms with Gasteiger partial charge in [-0.05, 0) is 57.9 Å². The second-order valence-corrected chi connectivity index (χ2v) is 6.29. The predicted molar refractivity (Wildman–Crippen MR) is 110 cm³/mol. The largest absolute Gasteiger partial charge is 0.385 e. The van der Waals surface area contributed by atoms with Gasteiger partial charge in [0.25, 0.3) is 0 Å². The number of hydrogen-bond donors (Lipinski definition) is 2. The zero-order valence-corrected chi connectivity index (χ0v) is 16.6. The van der Waals surface area contributed by atoms with E-state index in [0.29, 0.717) is 5.95 Å². The molecule has 0 unspecified atom stereocenters. The minimum Gasteiger partial charge on any atom is -0.385 e. The fourth-order valence-electron chi connectivity index (χ4n) is 2.84. The number of anilines is 4. The van der Waals surface area contributed by atoms with Crippen molar-refractivity contribution in [1.29, 1.82) is 0 Å². The minimum atomic E-state index is 0.609. The minimum absolute atomic E-state index is 0.609. The lowest BCUT2D eigenvalue weighted by molar-refractivity contribution is 0.198. The number of rotatable bonds is 10. The zero-order valence-electron chi connectivity index (χ0n) is 16.6. The number of aryl methyl sites for hydroxylation is 2. The van der Waals surface area contributed by atoms with E-state index in [4.69, 9.17) is 4.74 Å². The molecule has 0 radical (unpaired) electrons. The molecule has 0 aliphatic heterocycles. The first-order valence-corrected chi connectivity index (χ1v) is 9.28. The molecular formula is C20H31N5O. The number of nitrogens with zero attached hydrogens (tertiary/aromatic N) is 3. The van der Waals surface area contributed by atoms with Gasteiger partial charge in [0.15, 0.2) is 0 Å². The molecule has 2 N–H and O–H groups in total. The van der Waals surface area contributed by atoms with Gasteiger partial charge in [0.05, 0.1) is 0 Å². The summed E-state index contributed by atoms with van der Waals surface area (Å²) in [4.78, 5) is 11.4. The highest BCUT2D eigenvalue weighted by Crippen LogP contribution is 2.25. The monoisotopic (exact) mass is 357 g/mol. The number of nitrogens with one attached hydrogen (secondary N) is 2. The molecule has 0 fully saturated rings. The molecule has 26 heavy (non-hydrogen) atoms. The van der Waals surface area contributed by atoms with Gasteiger partial charge < -0.3 is 20.3 Å². The van der Waals surface area contributed by atoms with Gasteiger partial charge in [-0.15, -0.1) is 0 Å². The number of ether oxygens (including phenoxy) is 1. The molecule has 0 amide bonds. The molecule has 0 atom stereocenters. The maximum atomic E-state index is 5.07. The lowest BCUT2D eigenvalue weighted by atomic mass is 10.1. The average Bonchev–Trinajstić information content (AvgIpc) is 2.62. The predicted octanol–water partition coefficient (Wildman–Crippen LogP) is 4.13. The molecule has 0 spiro atoms. The maximum Gasteiger partial charge on any atom is 0.229 e. The first kappa shape index (κ1) is 20.0. The maximum absolute atomic E-state index is 5.07. The Morgan fingerprint density at radius 1 is 1.08 bits per heavy atom. The molecule has 1 aromatic carbocycles. The second kappa shape index (κ2) is 9.97. The van der Waals surface area contributed by atoms with Crippen molar-refractivity contribution in [2.75, 3.05) is 48.9 Å². The van der Waals surface area contributed by atoms with Gasteiger partial charge >= 0.3 is 0 Å². The van der Waals surface area contributed by atoms with Crippen LogP contribution in [0.3, 0.4) is 0 Å². The molecule has 2 rings (SSSR count). The van der Waals surface area contributed by atoms with E-state index in [1.54, 1.807) is 7.11 Å². The van der Waals surface area contributed by atoms with Gasteiger partial charge in [0.1, 0.15) is 5.82 Å². The first-order chi connectivity index (χ1) is 12.6. The molecule has 0 saturated heterocycles. The molecule has 0 bridgehead atoms. The van der Waals surface area contributed by atoms with Crippen molar-refractivity contribution in [3.8, 4) is 0 Å². The van der Waals surface area contributed by atoms with E-state index in [1.807, 2.05) is 13.0 Å². The van der Waals surface area contributed by atoms with Gasteiger partial charge in [-0.2, -0.15) is 4.98 Å². The fraction of sp³-hybridized carbons (Fsp3) is 0.500.